The van der Waals surface area contributed by atoms with Crippen LogP contribution in [-0.2, 0) is 4.74 Å². The lowest BCUT2D eigenvalue weighted by atomic mass is 9.82. The van der Waals surface area contributed by atoms with Crippen molar-refractivity contribution < 1.29 is 14.9 Å². The Labute approximate surface area is 85.4 Å². The highest BCUT2D eigenvalue weighted by Crippen LogP contribution is 2.29. The van der Waals surface area contributed by atoms with Crippen LogP contribution in [0.4, 0.5) is 0 Å². The van der Waals surface area contributed by atoms with Crippen molar-refractivity contribution in [2.75, 3.05) is 13.7 Å². The van der Waals surface area contributed by atoms with Crippen molar-refractivity contribution in [2.45, 2.75) is 38.4 Å². The van der Waals surface area contributed by atoms with Crippen LogP contribution in [0.2, 0.25) is 0 Å². The number of hydrogen-bond acceptors (Lipinski definition) is 3. The van der Waals surface area contributed by atoms with Crippen molar-refractivity contribution in [3.8, 4) is 0 Å². The maximum Gasteiger partial charge on any atom is 0.0776 e. The molecular weight excluding hydrogens is 180 g/mol. The second kappa shape index (κ2) is 5.49. The normalized spacial score (nSPS) is 32.9. The molecule has 82 valence electrons. The van der Waals surface area contributed by atoms with Gasteiger partial charge in [0, 0.05) is 19.6 Å². The highest BCUT2D eigenvalue weighted by atomic mass is 16.5. The van der Waals surface area contributed by atoms with Crippen molar-refractivity contribution in [3.63, 3.8) is 0 Å². The van der Waals surface area contributed by atoms with Gasteiger partial charge in [0.05, 0.1) is 12.2 Å². The Morgan fingerprint density at radius 1 is 1.57 bits per heavy atom. The Balaban J connectivity index is 2.60. The highest BCUT2D eigenvalue weighted by molar-refractivity contribution is 5.11. The molecule has 0 bridgehead atoms. The summed E-state index contributed by atoms with van der Waals surface area (Å²) in [6.07, 6.45) is 4.03. The van der Waals surface area contributed by atoms with E-state index in [1.165, 1.54) is 5.57 Å². The minimum atomic E-state index is -0.416. The summed E-state index contributed by atoms with van der Waals surface area (Å²) in [6.45, 7) is 2.19. The van der Waals surface area contributed by atoms with Gasteiger partial charge in [-0.25, -0.2) is 0 Å². The van der Waals surface area contributed by atoms with E-state index in [4.69, 9.17) is 9.84 Å². The molecule has 14 heavy (non-hydrogen) atoms. The number of hydrogen-bond donors (Lipinski definition) is 2. The lowest BCUT2D eigenvalue weighted by Crippen LogP contribution is -2.36. The first-order valence-electron chi connectivity index (χ1n) is 5.18. The Bertz CT molecular complexity index is 201. The molecule has 0 aromatic rings. The molecule has 0 saturated heterocycles. The lowest BCUT2D eigenvalue weighted by molar-refractivity contribution is -0.0105. The number of aliphatic hydroxyl groups excluding tert-OH is 2. The van der Waals surface area contributed by atoms with Crippen LogP contribution in [0.25, 0.3) is 0 Å². The minimum Gasteiger partial charge on any atom is -0.396 e. The van der Waals surface area contributed by atoms with Crippen LogP contribution < -0.4 is 0 Å². The maximum atomic E-state index is 9.83. The fraction of sp³-hybridized carbons (Fsp3) is 0.818. The fourth-order valence-electron chi connectivity index (χ4n) is 2.11. The van der Waals surface area contributed by atoms with Gasteiger partial charge in [0.1, 0.15) is 0 Å². The van der Waals surface area contributed by atoms with Crippen molar-refractivity contribution in [1.82, 2.24) is 0 Å². The van der Waals surface area contributed by atoms with E-state index in [-0.39, 0.29) is 18.6 Å². The van der Waals surface area contributed by atoms with E-state index < -0.39 is 6.10 Å². The number of aliphatic hydroxyl groups is 2. The van der Waals surface area contributed by atoms with Crippen LogP contribution >= 0.6 is 0 Å². The summed E-state index contributed by atoms with van der Waals surface area (Å²) in [6, 6.07) is 0. The number of methoxy groups -OCH3 is 1. The summed E-state index contributed by atoms with van der Waals surface area (Å²) in [5.74, 6) is 0.135. The highest BCUT2D eigenvalue weighted by Gasteiger charge is 2.30. The SMILES string of the molecule is COC1CC(C)=CC(O)C1CCCO. The zero-order chi connectivity index (χ0) is 10.6. The molecule has 3 unspecified atom stereocenters. The third-order valence-electron chi connectivity index (χ3n) is 2.89. The summed E-state index contributed by atoms with van der Waals surface area (Å²) in [5, 5.41) is 18.6. The monoisotopic (exact) mass is 200 g/mol. The van der Waals surface area contributed by atoms with Crippen molar-refractivity contribution in [3.05, 3.63) is 11.6 Å². The van der Waals surface area contributed by atoms with Crippen LogP contribution in [0.15, 0.2) is 11.6 Å². The third-order valence-corrected chi connectivity index (χ3v) is 2.89. The molecule has 3 heteroatoms. The molecule has 0 heterocycles. The summed E-state index contributed by atoms with van der Waals surface area (Å²) in [4.78, 5) is 0. The van der Waals surface area contributed by atoms with Crippen LogP contribution in [0.5, 0.6) is 0 Å². The largest absolute Gasteiger partial charge is 0.396 e. The zero-order valence-corrected chi connectivity index (χ0v) is 8.94. The molecule has 1 rings (SSSR count). The molecule has 1 aliphatic carbocycles. The first-order valence-corrected chi connectivity index (χ1v) is 5.18. The molecule has 0 radical (unpaired) electrons. The van der Waals surface area contributed by atoms with Gasteiger partial charge in [-0.1, -0.05) is 11.6 Å². The molecule has 0 aromatic heterocycles. The van der Waals surface area contributed by atoms with Crippen LogP contribution in [-0.4, -0.2) is 36.1 Å². The molecule has 3 nitrogen and oxygen atoms in total. The van der Waals surface area contributed by atoms with Crippen molar-refractivity contribution in [1.29, 1.82) is 0 Å². The van der Waals surface area contributed by atoms with Gasteiger partial charge in [-0.15, -0.1) is 0 Å². The summed E-state index contributed by atoms with van der Waals surface area (Å²) >= 11 is 0. The van der Waals surface area contributed by atoms with Gasteiger partial charge in [0.2, 0.25) is 0 Å². The van der Waals surface area contributed by atoms with Gasteiger partial charge in [-0.2, -0.15) is 0 Å². The van der Waals surface area contributed by atoms with Gasteiger partial charge in [0.15, 0.2) is 0 Å². The standard InChI is InChI=1S/C11H20O3/c1-8-6-10(13)9(4-3-5-12)11(7-8)14-2/h6,9-13H,3-5,7H2,1-2H3. The smallest absolute Gasteiger partial charge is 0.0776 e. The molecule has 0 fully saturated rings. The Morgan fingerprint density at radius 3 is 2.86 bits per heavy atom. The Morgan fingerprint density at radius 2 is 2.29 bits per heavy atom. The molecule has 0 amide bonds. The van der Waals surface area contributed by atoms with Crippen molar-refractivity contribution in [2.24, 2.45) is 5.92 Å². The molecule has 3 atom stereocenters. The van der Waals surface area contributed by atoms with E-state index in [1.807, 2.05) is 13.0 Å². The molecule has 1 aliphatic rings. The molecular formula is C11H20O3. The Hall–Kier alpha value is -0.380. The van der Waals surface area contributed by atoms with Crippen LogP contribution in [0, 0.1) is 5.92 Å². The summed E-state index contributed by atoms with van der Waals surface area (Å²) in [5.41, 5.74) is 1.18. The average molecular weight is 200 g/mol. The van der Waals surface area contributed by atoms with Gasteiger partial charge in [-0.05, 0) is 26.2 Å². The van der Waals surface area contributed by atoms with E-state index in [0.717, 1.165) is 19.3 Å². The predicted octanol–water partition coefficient (Wildman–Crippen LogP) is 1.10. The third kappa shape index (κ3) is 2.80. The fourth-order valence-corrected chi connectivity index (χ4v) is 2.11. The minimum absolute atomic E-state index is 0.0987. The first-order chi connectivity index (χ1) is 6.69. The maximum absolute atomic E-state index is 9.83. The van der Waals surface area contributed by atoms with E-state index in [0.29, 0.717) is 0 Å². The second-order valence-electron chi connectivity index (χ2n) is 4.01. The van der Waals surface area contributed by atoms with Gasteiger partial charge < -0.3 is 14.9 Å². The van der Waals surface area contributed by atoms with Gasteiger partial charge >= 0.3 is 0 Å². The van der Waals surface area contributed by atoms with Crippen molar-refractivity contribution >= 4 is 0 Å². The number of rotatable bonds is 4. The van der Waals surface area contributed by atoms with Gasteiger partial charge in [0.25, 0.3) is 0 Å². The average Bonchev–Trinajstić information content (AvgIpc) is 2.15. The van der Waals surface area contributed by atoms with E-state index in [2.05, 4.69) is 0 Å². The van der Waals surface area contributed by atoms with Crippen LogP contribution in [0.3, 0.4) is 0 Å². The lowest BCUT2D eigenvalue weighted by Gasteiger charge is -2.33. The van der Waals surface area contributed by atoms with Crippen LogP contribution in [0.1, 0.15) is 26.2 Å². The van der Waals surface area contributed by atoms with E-state index in [1.54, 1.807) is 7.11 Å². The first kappa shape index (κ1) is 11.7. The molecule has 0 saturated carbocycles. The summed E-state index contributed by atoms with van der Waals surface area (Å²) in [7, 11) is 1.68. The zero-order valence-electron chi connectivity index (χ0n) is 8.94. The molecule has 0 spiro atoms. The quantitative estimate of drug-likeness (QED) is 0.668. The topological polar surface area (TPSA) is 49.7 Å². The molecule has 2 N–H and O–H groups in total. The number of ether oxygens (including phenoxy) is 1. The van der Waals surface area contributed by atoms with E-state index >= 15 is 0 Å². The predicted molar refractivity (Wildman–Crippen MR) is 55.0 cm³/mol. The van der Waals surface area contributed by atoms with Gasteiger partial charge in [-0.3, -0.25) is 0 Å². The summed E-state index contributed by atoms with van der Waals surface area (Å²) < 4.78 is 5.36. The Kier molecular flexibility index (Phi) is 4.58. The second-order valence-corrected chi connectivity index (χ2v) is 4.01. The molecule has 0 aliphatic heterocycles. The molecule has 0 aromatic carbocycles. The van der Waals surface area contributed by atoms with E-state index in [9.17, 15) is 5.11 Å².